The van der Waals surface area contributed by atoms with E-state index < -0.39 is 0 Å². The standard InChI is InChI=1S/C17H25N3S/c1-5-7-15-16(12-18-6-2)21-17(19-15)13-8-10-14(11-9-13)20(3)4/h8-11,18H,5-7,12H2,1-4H3. The summed E-state index contributed by atoms with van der Waals surface area (Å²) < 4.78 is 0. The van der Waals surface area contributed by atoms with Crippen LogP contribution in [0.25, 0.3) is 10.6 Å². The molecule has 0 bridgehead atoms. The zero-order chi connectivity index (χ0) is 15.2. The Morgan fingerprint density at radius 3 is 2.43 bits per heavy atom. The number of rotatable bonds is 7. The van der Waals surface area contributed by atoms with Crippen molar-refractivity contribution in [2.75, 3.05) is 25.5 Å². The Morgan fingerprint density at radius 1 is 1.14 bits per heavy atom. The van der Waals surface area contributed by atoms with Gasteiger partial charge in [-0.25, -0.2) is 4.98 Å². The number of hydrogen-bond donors (Lipinski definition) is 1. The molecule has 0 aliphatic carbocycles. The lowest BCUT2D eigenvalue weighted by atomic mass is 10.2. The number of benzene rings is 1. The molecule has 2 aromatic rings. The van der Waals surface area contributed by atoms with Crippen LogP contribution in [0.15, 0.2) is 24.3 Å². The predicted octanol–water partition coefficient (Wildman–Crippen LogP) is 3.94. The Morgan fingerprint density at radius 2 is 1.86 bits per heavy atom. The summed E-state index contributed by atoms with van der Waals surface area (Å²) in [6.07, 6.45) is 2.20. The smallest absolute Gasteiger partial charge is 0.123 e. The van der Waals surface area contributed by atoms with Gasteiger partial charge >= 0.3 is 0 Å². The van der Waals surface area contributed by atoms with Crippen LogP contribution in [0.3, 0.4) is 0 Å². The summed E-state index contributed by atoms with van der Waals surface area (Å²) in [7, 11) is 4.12. The minimum absolute atomic E-state index is 0.930. The van der Waals surface area contributed by atoms with E-state index in [0.717, 1.165) is 30.9 Å². The van der Waals surface area contributed by atoms with Gasteiger partial charge in [0.05, 0.1) is 5.69 Å². The first-order chi connectivity index (χ1) is 10.2. The van der Waals surface area contributed by atoms with E-state index in [1.165, 1.54) is 21.8 Å². The maximum atomic E-state index is 4.86. The zero-order valence-corrected chi connectivity index (χ0v) is 14.3. The van der Waals surface area contributed by atoms with Crippen LogP contribution >= 0.6 is 11.3 Å². The first kappa shape index (κ1) is 16.0. The van der Waals surface area contributed by atoms with E-state index in [0.29, 0.717) is 0 Å². The fourth-order valence-electron chi connectivity index (χ4n) is 2.22. The SMILES string of the molecule is CCCc1nc(-c2ccc(N(C)C)cc2)sc1CNCC. The van der Waals surface area contributed by atoms with Gasteiger partial charge in [-0.1, -0.05) is 20.3 Å². The summed E-state index contributed by atoms with van der Waals surface area (Å²) in [6, 6.07) is 8.64. The molecule has 2 rings (SSSR count). The molecule has 0 saturated heterocycles. The molecule has 0 aliphatic rings. The first-order valence-electron chi connectivity index (χ1n) is 7.62. The van der Waals surface area contributed by atoms with Crippen molar-refractivity contribution in [2.45, 2.75) is 33.2 Å². The highest BCUT2D eigenvalue weighted by Gasteiger charge is 2.11. The number of thiazole rings is 1. The predicted molar refractivity (Wildman–Crippen MR) is 93.3 cm³/mol. The molecule has 0 atom stereocenters. The van der Waals surface area contributed by atoms with Crippen LogP contribution < -0.4 is 10.2 Å². The minimum Gasteiger partial charge on any atom is -0.378 e. The number of aryl methyl sites for hydroxylation is 1. The molecule has 0 unspecified atom stereocenters. The molecule has 0 amide bonds. The summed E-state index contributed by atoms with van der Waals surface area (Å²) in [5, 5.41) is 4.55. The number of aromatic nitrogens is 1. The second kappa shape index (κ2) is 7.57. The summed E-state index contributed by atoms with van der Waals surface area (Å²) in [5.74, 6) is 0. The van der Waals surface area contributed by atoms with Gasteiger partial charge in [-0.2, -0.15) is 0 Å². The molecule has 1 N–H and O–H groups in total. The van der Waals surface area contributed by atoms with E-state index in [1.807, 2.05) is 11.3 Å². The van der Waals surface area contributed by atoms with Crippen molar-refractivity contribution in [1.29, 1.82) is 0 Å². The second-order valence-corrected chi connectivity index (χ2v) is 6.44. The molecule has 4 heteroatoms. The molecule has 0 saturated carbocycles. The number of nitrogens with zero attached hydrogens (tertiary/aromatic N) is 2. The molecule has 0 aliphatic heterocycles. The number of anilines is 1. The fourth-order valence-corrected chi connectivity index (χ4v) is 3.30. The van der Waals surface area contributed by atoms with Gasteiger partial charge in [0.25, 0.3) is 0 Å². The summed E-state index contributed by atoms with van der Waals surface area (Å²) >= 11 is 1.82. The van der Waals surface area contributed by atoms with Crippen molar-refractivity contribution < 1.29 is 0 Å². The third-order valence-electron chi connectivity index (χ3n) is 3.43. The van der Waals surface area contributed by atoms with Gasteiger partial charge in [0.2, 0.25) is 0 Å². The molecule has 21 heavy (non-hydrogen) atoms. The van der Waals surface area contributed by atoms with Crippen LogP contribution in [0.2, 0.25) is 0 Å². The number of hydrogen-bond acceptors (Lipinski definition) is 4. The molecular weight excluding hydrogens is 278 g/mol. The van der Waals surface area contributed by atoms with Gasteiger partial charge in [-0.3, -0.25) is 0 Å². The molecule has 114 valence electrons. The highest BCUT2D eigenvalue weighted by molar-refractivity contribution is 7.15. The highest BCUT2D eigenvalue weighted by atomic mass is 32.1. The topological polar surface area (TPSA) is 28.2 Å². The third kappa shape index (κ3) is 4.05. The van der Waals surface area contributed by atoms with E-state index in [4.69, 9.17) is 4.98 Å². The lowest BCUT2D eigenvalue weighted by Gasteiger charge is -2.11. The average Bonchev–Trinajstić information content (AvgIpc) is 2.88. The Balaban J connectivity index is 2.26. The largest absolute Gasteiger partial charge is 0.378 e. The van der Waals surface area contributed by atoms with Gasteiger partial charge in [-0.15, -0.1) is 11.3 Å². The van der Waals surface area contributed by atoms with E-state index in [1.54, 1.807) is 0 Å². The first-order valence-corrected chi connectivity index (χ1v) is 8.44. The van der Waals surface area contributed by atoms with Crippen LogP contribution in [0.4, 0.5) is 5.69 Å². The molecule has 3 nitrogen and oxygen atoms in total. The molecule has 0 spiro atoms. The monoisotopic (exact) mass is 303 g/mol. The lowest BCUT2D eigenvalue weighted by molar-refractivity contribution is 0.723. The molecule has 0 radical (unpaired) electrons. The zero-order valence-electron chi connectivity index (χ0n) is 13.4. The second-order valence-electron chi connectivity index (χ2n) is 5.36. The lowest BCUT2D eigenvalue weighted by Crippen LogP contribution is -2.11. The van der Waals surface area contributed by atoms with E-state index in [-0.39, 0.29) is 0 Å². The van der Waals surface area contributed by atoms with Crippen LogP contribution in [-0.2, 0) is 13.0 Å². The Kier molecular flexibility index (Phi) is 5.76. The normalized spacial score (nSPS) is 10.9. The Bertz CT molecular complexity index is 558. The molecular formula is C17H25N3S. The van der Waals surface area contributed by atoms with Crippen LogP contribution in [-0.4, -0.2) is 25.6 Å². The van der Waals surface area contributed by atoms with Crippen LogP contribution in [0, 0.1) is 0 Å². The van der Waals surface area contributed by atoms with Crippen molar-refractivity contribution in [1.82, 2.24) is 10.3 Å². The maximum Gasteiger partial charge on any atom is 0.123 e. The third-order valence-corrected chi connectivity index (χ3v) is 4.58. The molecule has 1 aromatic heterocycles. The van der Waals surface area contributed by atoms with Gasteiger partial charge in [0.1, 0.15) is 5.01 Å². The van der Waals surface area contributed by atoms with Crippen LogP contribution in [0.5, 0.6) is 0 Å². The van der Waals surface area contributed by atoms with Gasteiger partial charge < -0.3 is 10.2 Å². The Hall–Kier alpha value is -1.39. The van der Waals surface area contributed by atoms with E-state index in [2.05, 4.69) is 62.4 Å². The maximum absolute atomic E-state index is 4.86. The van der Waals surface area contributed by atoms with E-state index >= 15 is 0 Å². The molecule has 1 heterocycles. The van der Waals surface area contributed by atoms with Crippen molar-refractivity contribution in [3.8, 4) is 10.6 Å². The highest BCUT2D eigenvalue weighted by Crippen LogP contribution is 2.30. The van der Waals surface area contributed by atoms with Crippen molar-refractivity contribution in [2.24, 2.45) is 0 Å². The average molecular weight is 303 g/mol. The van der Waals surface area contributed by atoms with Crippen molar-refractivity contribution in [3.63, 3.8) is 0 Å². The molecule has 0 fully saturated rings. The van der Waals surface area contributed by atoms with Crippen molar-refractivity contribution in [3.05, 3.63) is 34.8 Å². The quantitative estimate of drug-likeness (QED) is 0.840. The van der Waals surface area contributed by atoms with Crippen LogP contribution in [0.1, 0.15) is 30.8 Å². The summed E-state index contributed by atoms with van der Waals surface area (Å²) in [6.45, 7) is 6.28. The summed E-state index contributed by atoms with van der Waals surface area (Å²) in [5.41, 5.74) is 3.69. The molecule has 1 aromatic carbocycles. The van der Waals surface area contributed by atoms with Gasteiger partial charge in [0.15, 0.2) is 0 Å². The number of nitrogens with one attached hydrogen (secondary N) is 1. The van der Waals surface area contributed by atoms with Gasteiger partial charge in [0, 0.05) is 36.8 Å². The fraction of sp³-hybridized carbons (Fsp3) is 0.471. The minimum atomic E-state index is 0.930. The van der Waals surface area contributed by atoms with Gasteiger partial charge in [-0.05, 0) is 37.2 Å². The summed E-state index contributed by atoms with van der Waals surface area (Å²) in [4.78, 5) is 8.36. The Labute approximate surface area is 132 Å². The van der Waals surface area contributed by atoms with Crippen molar-refractivity contribution >= 4 is 17.0 Å². The van der Waals surface area contributed by atoms with E-state index in [9.17, 15) is 0 Å².